The van der Waals surface area contributed by atoms with E-state index in [1.54, 1.807) is 13.1 Å². The maximum absolute atomic E-state index is 13.1. The minimum absolute atomic E-state index is 0.143. The monoisotopic (exact) mass is 401 g/mol. The van der Waals surface area contributed by atoms with E-state index < -0.39 is 5.54 Å². The van der Waals surface area contributed by atoms with Crippen LogP contribution in [-0.4, -0.2) is 29.9 Å². The molecular weight excluding hydrogens is 382 g/mol. The number of rotatable bonds is 3. The lowest BCUT2D eigenvalue weighted by molar-refractivity contribution is -0.132. The molecule has 2 aliphatic heterocycles. The highest BCUT2D eigenvalue weighted by Crippen LogP contribution is 2.47. The Bertz CT molecular complexity index is 828. The van der Waals surface area contributed by atoms with Gasteiger partial charge in [0.1, 0.15) is 11.9 Å². The Morgan fingerprint density at radius 3 is 2.92 bits per heavy atom. The molecule has 25 heavy (non-hydrogen) atoms. The summed E-state index contributed by atoms with van der Waals surface area (Å²) >= 11 is 3.47. The predicted octanol–water partition coefficient (Wildman–Crippen LogP) is 3.27. The van der Waals surface area contributed by atoms with Crippen molar-refractivity contribution in [1.29, 1.82) is 0 Å². The van der Waals surface area contributed by atoms with Crippen molar-refractivity contribution in [2.24, 2.45) is 10.7 Å². The number of halogens is 1. The summed E-state index contributed by atoms with van der Waals surface area (Å²) in [5.41, 5.74) is 6.56. The summed E-state index contributed by atoms with van der Waals surface area (Å²) in [4.78, 5) is 19.0. The largest absolute Gasteiger partial charge is 0.485 e. The fourth-order valence-corrected chi connectivity index (χ4v) is 3.66. The van der Waals surface area contributed by atoms with Gasteiger partial charge in [-0.15, -0.1) is 0 Å². The smallest absolute Gasteiger partial charge is 0.261 e. The van der Waals surface area contributed by atoms with Gasteiger partial charge in [-0.2, -0.15) is 0 Å². The summed E-state index contributed by atoms with van der Waals surface area (Å²) in [6.07, 6.45) is 7.55. The zero-order chi connectivity index (χ0) is 18.2. The number of fused-ring (bicyclic) bond motifs is 2. The molecule has 130 valence electrons. The Hall–Kier alpha value is -2.34. The zero-order valence-electron chi connectivity index (χ0n) is 14.2. The predicted molar refractivity (Wildman–Crippen MR) is 102 cm³/mol. The molecule has 2 aliphatic rings. The Morgan fingerprint density at radius 1 is 1.56 bits per heavy atom. The van der Waals surface area contributed by atoms with Gasteiger partial charge in [0.15, 0.2) is 11.5 Å². The second kappa shape index (κ2) is 6.52. The van der Waals surface area contributed by atoms with E-state index in [4.69, 9.17) is 10.5 Å². The Balaban J connectivity index is 2.18. The number of hydrogen-bond acceptors (Lipinski definition) is 4. The number of amides is 1. The number of ether oxygens (including phenoxy) is 1. The SMILES string of the molecule is C=CC=C(C=CC)C1CC2(N=C(N)N(C)C2=O)c2cc(Br)ccc2O1. The van der Waals surface area contributed by atoms with Crippen molar-refractivity contribution in [2.45, 2.75) is 25.0 Å². The number of nitrogens with two attached hydrogens (primary N) is 1. The molecule has 2 atom stereocenters. The average Bonchev–Trinajstić information content (AvgIpc) is 2.80. The molecule has 1 aromatic carbocycles. The lowest BCUT2D eigenvalue weighted by Crippen LogP contribution is -2.46. The van der Waals surface area contributed by atoms with Crippen LogP contribution in [-0.2, 0) is 10.3 Å². The molecule has 0 saturated heterocycles. The van der Waals surface area contributed by atoms with Crippen molar-refractivity contribution in [1.82, 2.24) is 4.90 Å². The van der Waals surface area contributed by atoms with E-state index in [0.29, 0.717) is 12.2 Å². The third-order valence-electron chi connectivity index (χ3n) is 4.49. The molecule has 6 heteroatoms. The van der Waals surface area contributed by atoms with Gasteiger partial charge in [-0.05, 0) is 30.7 Å². The van der Waals surface area contributed by atoms with Gasteiger partial charge in [0.2, 0.25) is 0 Å². The molecule has 0 aliphatic carbocycles. The Labute approximate surface area is 155 Å². The number of carbonyl (C=O) groups excluding carboxylic acids is 1. The minimum atomic E-state index is -1.07. The summed E-state index contributed by atoms with van der Waals surface area (Å²) < 4.78 is 7.05. The molecule has 3 rings (SSSR count). The van der Waals surface area contributed by atoms with E-state index in [-0.39, 0.29) is 18.0 Å². The lowest BCUT2D eigenvalue weighted by atomic mass is 9.80. The van der Waals surface area contributed by atoms with Crippen molar-refractivity contribution in [3.63, 3.8) is 0 Å². The zero-order valence-corrected chi connectivity index (χ0v) is 15.8. The quantitative estimate of drug-likeness (QED) is 0.790. The second-order valence-electron chi connectivity index (χ2n) is 6.05. The molecule has 5 nitrogen and oxygen atoms in total. The van der Waals surface area contributed by atoms with Crippen LogP contribution >= 0.6 is 15.9 Å². The third kappa shape index (κ3) is 2.80. The molecule has 0 bridgehead atoms. The van der Waals surface area contributed by atoms with E-state index in [0.717, 1.165) is 15.6 Å². The van der Waals surface area contributed by atoms with Gasteiger partial charge in [0, 0.05) is 23.5 Å². The first kappa shape index (κ1) is 17.5. The van der Waals surface area contributed by atoms with E-state index in [1.165, 1.54) is 4.90 Å². The first-order chi connectivity index (χ1) is 11.9. The molecule has 1 spiro atoms. The highest BCUT2D eigenvalue weighted by atomic mass is 79.9. The number of guanidine groups is 1. The van der Waals surface area contributed by atoms with Gasteiger partial charge in [-0.25, -0.2) is 4.99 Å². The maximum Gasteiger partial charge on any atom is 0.261 e. The third-order valence-corrected chi connectivity index (χ3v) is 4.98. The van der Waals surface area contributed by atoms with Crippen LogP contribution in [0.3, 0.4) is 0 Å². The molecule has 2 heterocycles. The van der Waals surface area contributed by atoms with E-state index in [9.17, 15) is 4.79 Å². The van der Waals surface area contributed by atoms with Gasteiger partial charge < -0.3 is 10.5 Å². The standard InChI is InChI=1S/C19H20BrN3O2/c1-4-6-12(7-5-2)16-11-19(17(24)23(3)18(21)22-19)14-10-13(20)8-9-15(14)25-16/h4-10,16H,1,11H2,2-3H3,(H2,21,22). The fourth-order valence-electron chi connectivity index (χ4n) is 3.29. The molecule has 0 radical (unpaired) electrons. The number of carbonyl (C=O) groups is 1. The van der Waals surface area contributed by atoms with Crippen LogP contribution in [0.15, 0.2) is 64.1 Å². The number of aliphatic imine (C=N–C) groups is 1. The van der Waals surface area contributed by atoms with E-state index >= 15 is 0 Å². The first-order valence-corrected chi connectivity index (χ1v) is 8.77. The van der Waals surface area contributed by atoms with Gasteiger partial charge >= 0.3 is 0 Å². The number of allylic oxidation sites excluding steroid dienone is 3. The first-order valence-electron chi connectivity index (χ1n) is 7.98. The second-order valence-corrected chi connectivity index (χ2v) is 6.96. The van der Waals surface area contributed by atoms with Crippen molar-refractivity contribution in [2.75, 3.05) is 7.05 Å². The summed E-state index contributed by atoms with van der Waals surface area (Å²) in [5.74, 6) is 0.715. The number of nitrogens with zero attached hydrogens (tertiary/aromatic N) is 2. The van der Waals surface area contributed by atoms with Gasteiger partial charge in [-0.1, -0.05) is 46.8 Å². The summed E-state index contributed by atoms with van der Waals surface area (Å²) in [5, 5.41) is 0. The van der Waals surface area contributed by atoms with E-state index in [1.807, 2.05) is 43.4 Å². The highest BCUT2D eigenvalue weighted by Gasteiger charge is 2.53. The van der Waals surface area contributed by atoms with Gasteiger partial charge in [0.25, 0.3) is 5.91 Å². The number of likely N-dealkylation sites (N-methyl/N-ethyl adjacent to an activating group) is 1. The maximum atomic E-state index is 13.1. The highest BCUT2D eigenvalue weighted by molar-refractivity contribution is 9.10. The molecule has 0 saturated carbocycles. The summed E-state index contributed by atoms with van der Waals surface area (Å²) in [6, 6.07) is 5.62. The topological polar surface area (TPSA) is 67.9 Å². The van der Waals surface area contributed by atoms with Crippen molar-refractivity contribution >= 4 is 27.8 Å². The molecule has 2 N–H and O–H groups in total. The van der Waals surface area contributed by atoms with Crippen LogP contribution < -0.4 is 10.5 Å². The van der Waals surface area contributed by atoms with Crippen molar-refractivity contribution in [3.8, 4) is 5.75 Å². The van der Waals surface area contributed by atoms with Crippen LogP contribution in [0.4, 0.5) is 0 Å². The number of benzene rings is 1. The summed E-state index contributed by atoms with van der Waals surface area (Å²) in [6.45, 7) is 5.70. The van der Waals surface area contributed by atoms with Gasteiger partial charge in [0.05, 0.1) is 0 Å². The van der Waals surface area contributed by atoms with Crippen LogP contribution in [0.5, 0.6) is 5.75 Å². The van der Waals surface area contributed by atoms with Crippen LogP contribution in [0, 0.1) is 0 Å². The molecular formula is C19H20BrN3O2. The van der Waals surface area contributed by atoms with Crippen LogP contribution in [0.25, 0.3) is 0 Å². The normalized spacial score (nSPS) is 26.0. The molecule has 1 amide bonds. The van der Waals surface area contributed by atoms with Crippen LogP contribution in [0.2, 0.25) is 0 Å². The lowest BCUT2D eigenvalue weighted by Gasteiger charge is -2.37. The Kier molecular flexibility index (Phi) is 4.56. The minimum Gasteiger partial charge on any atom is -0.485 e. The Morgan fingerprint density at radius 2 is 2.32 bits per heavy atom. The van der Waals surface area contributed by atoms with Crippen LogP contribution in [0.1, 0.15) is 18.9 Å². The average molecular weight is 402 g/mol. The fraction of sp³-hybridized carbons (Fsp3) is 0.263. The van der Waals surface area contributed by atoms with Crippen molar-refractivity contribution in [3.05, 3.63) is 64.7 Å². The van der Waals surface area contributed by atoms with E-state index in [2.05, 4.69) is 27.5 Å². The molecule has 0 fully saturated rings. The molecule has 1 aromatic rings. The van der Waals surface area contributed by atoms with Gasteiger partial charge in [-0.3, -0.25) is 9.69 Å². The number of hydrogen-bond donors (Lipinski definition) is 1. The summed E-state index contributed by atoms with van der Waals surface area (Å²) in [7, 11) is 1.64. The molecule has 0 aromatic heterocycles. The molecule has 2 unspecified atom stereocenters. The van der Waals surface area contributed by atoms with Crippen molar-refractivity contribution < 1.29 is 9.53 Å².